The largest absolute Gasteiger partial charge is 0.379 e. The van der Waals surface area contributed by atoms with Crippen molar-refractivity contribution in [2.24, 2.45) is 5.10 Å². The van der Waals surface area contributed by atoms with Crippen molar-refractivity contribution in [1.29, 1.82) is 0 Å². The molecule has 0 saturated heterocycles. The van der Waals surface area contributed by atoms with Crippen LogP contribution >= 0.6 is 0 Å². The molecule has 0 spiro atoms. The Bertz CT molecular complexity index is 2510. The second-order valence-corrected chi connectivity index (χ2v) is 14.5. The van der Waals surface area contributed by atoms with E-state index in [1.807, 2.05) is 78.9 Å². The molecule has 240 valence electrons. The van der Waals surface area contributed by atoms with Gasteiger partial charge in [-0.15, -0.1) is 0 Å². The van der Waals surface area contributed by atoms with Crippen molar-refractivity contribution >= 4 is 53.2 Å². The lowest BCUT2D eigenvalue weighted by atomic mass is 10.1. The lowest BCUT2D eigenvalue weighted by molar-refractivity contribution is 0.484. The van der Waals surface area contributed by atoms with Crippen LogP contribution in [0, 0.1) is 0 Å². The summed E-state index contributed by atoms with van der Waals surface area (Å²) in [4.78, 5) is -0.154. The first kappa shape index (κ1) is 30.4. The molecule has 0 heterocycles. The zero-order valence-electron chi connectivity index (χ0n) is 25.6. The van der Waals surface area contributed by atoms with Gasteiger partial charge in [0.2, 0.25) is 0 Å². The predicted molar refractivity (Wildman–Crippen MR) is 191 cm³/mol. The van der Waals surface area contributed by atoms with Gasteiger partial charge in [0.1, 0.15) is 21.3 Å². The van der Waals surface area contributed by atoms with Crippen molar-refractivity contribution in [3.05, 3.63) is 163 Å². The van der Waals surface area contributed by atoms with Crippen molar-refractivity contribution < 1.29 is 25.2 Å². The average molecular weight is 683 g/mol. The van der Waals surface area contributed by atoms with Crippen LogP contribution in [0.25, 0.3) is 32.7 Å². The SMILES string of the molecule is O=S(=O)(Oc1ccc2ccccc2c1)c1ccc2c(c1)C(=NNc1ccccc1)c1cc(S(=O)(=O)Oc3ccc4ccccc4c3)ccc1-2. The van der Waals surface area contributed by atoms with Crippen LogP contribution < -0.4 is 13.8 Å². The number of benzene rings is 7. The van der Waals surface area contributed by atoms with Crippen LogP contribution in [-0.2, 0) is 20.2 Å². The maximum atomic E-state index is 13.6. The smallest absolute Gasteiger partial charge is 0.339 e. The highest BCUT2D eigenvalue weighted by molar-refractivity contribution is 7.87. The molecule has 0 saturated carbocycles. The van der Waals surface area contributed by atoms with E-state index in [4.69, 9.17) is 8.37 Å². The summed E-state index contributed by atoms with van der Waals surface area (Å²) in [5, 5.41) is 8.26. The number of nitrogens with one attached hydrogen (secondary N) is 1. The summed E-state index contributed by atoms with van der Waals surface area (Å²) in [5.41, 5.74) is 6.44. The van der Waals surface area contributed by atoms with Gasteiger partial charge in [0.05, 0.1) is 11.4 Å². The monoisotopic (exact) mass is 682 g/mol. The number of rotatable bonds is 8. The molecule has 0 bridgehead atoms. The van der Waals surface area contributed by atoms with Crippen LogP contribution in [0.2, 0.25) is 0 Å². The fraction of sp³-hybridized carbons (Fsp3) is 0. The summed E-state index contributed by atoms with van der Waals surface area (Å²) in [5.74, 6) is 0.367. The molecule has 49 heavy (non-hydrogen) atoms. The minimum Gasteiger partial charge on any atom is -0.379 e. The van der Waals surface area contributed by atoms with Crippen molar-refractivity contribution in [2.75, 3.05) is 5.43 Å². The molecule has 1 N–H and O–H groups in total. The fourth-order valence-corrected chi connectivity index (χ4v) is 7.81. The Morgan fingerprint density at radius 2 is 0.878 bits per heavy atom. The molecule has 0 amide bonds. The minimum absolute atomic E-state index is 0.0768. The first-order chi connectivity index (χ1) is 23.7. The van der Waals surface area contributed by atoms with Gasteiger partial charge in [-0.25, -0.2) is 0 Å². The number of fused-ring (bicyclic) bond motifs is 5. The Morgan fingerprint density at radius 1 is 0.429 bits per heavy atom. The van der Waals surface area contributed by atoms with E-state index >= 15 is 0 Å². The minimum atomic E-state index is -4.25. The van der Waals surface area contributed by atoms with E-state index in [1.165, 1.54) is 24.3 Å². The number of hydrogen-bond acceptors (Lipinski definition) is 8. The van der Waals surface area contributed by atoms with Gasteiger partial charge in [0, 0.05) is 11.1 Å². The van der Waals surface area contributed by atoms with Crippen LogP contribution in [0.3, 0.4) is 0 Å². The Kier molecular flexibility index (Phi) is 7.39. The molecule has 1 aliphatic carbocycles. The average Bonchev–Trinajstić information content (AvgIpc) is 3.43. The van der Waals surface area contributed by atoms with E-state index in [9.17, 15) is 16.8 Å². The Hall–Kier alpha value is -5.97. The normalized spacial score (nSPS) is 12.4. The topological polar surface area (TPSA) is 111 Å². The molecule has 7 aromatic rings. The quantitative estimate of drug-likeness (QED) is 0.127. The van der Waals surface area contributed by atoms with E-state index in [0.717, 1.165) is 21.5 Å². The maximum Gasteiger partial charge on any atom is 0.339 e. The highest BCUT2D eigenvalue weighted by Gasteiger charge is 2.30. The number of hydrogen-bond donors (Lipinski definition) is 1. The third-order valence-corrected chi connectivity index (χ3v) is 10.8. The molecule has 8 nitrogen and oxygen atoms in total. The summed E-state index contributed by atoms with van der Waals surface area (Å²) in [6.45, 7) is 0. The van der Waals surface area contributed by atoms with Crippen molar-refractivity contribution in [3.63, 3.8) is 0 Å². The van der Waals surface area contributed by atoms with E-state index in [2.05, 4.69) is 10.5 Å². The number of nitrogens with zero attached hydrogens (tertiary/aromatic N) is 1. The lowest BCUT2D eigenvalue weighted by Crippen LogP contribution is -2.12. The number of anilines is 1. The van der Waals surface area contributed by atoms with Gasteiger partial charge in [-0.2, -0.15) is 21.9 Å². The number of para-hydroxylation sites is 1. The summed E-state index contributed by atoms with van der Waals surface area (Å²) < 4.78 is 65.4. The maximum absolute atomic E-state index is 13.6. The van der Waals surface area contributed by atoms with Gasteiger partial charge < -0.3 is 8.37 Å². The van der Waals surface area contributed by atoms with Gasteiger partial charge in [0.15, 0.2) is 0 Å². The number of hydrazone groups is 1. The summed E-state index contributed by atoms with van der Waals surface area (Å²) >= 11 is 0. The highest BCUT2D eigenvalue weighted by atomic mass is 32.2. The van der Waals surface area contributed by atoms with Crippen LogP contribution in [0.4, 0.5) is 5.69 Å². The molecule has 0 unspecified atom stereocenters. The molecular formula is C39H26N2O6S2. The first-order valence-electron chi connectivity index (χ1n) is 15.3. The standard InChI is InChI=1S/C39H26N2O6S2/c42-48(43,46-31-16-14-26-8-4-6-10-28(26)22-31)33-18-20-35-36-21-19-34(49(44,45)47-32-17-15-27-9-5-7-11-29(27)23-32)25-38(36)39(37(35)24-33)41-40-30-12-2-1-3-13-30/h1-25,40H. The molecule has 0 aromatic heterocycles. The third kappa shape index (κ3) is 5.88. The van der Waals surface area contributed by atoms with Gasteiger partial charge in [-0.1, -0.05) is 91.0 Å². The molecule has 0 aliphatic heterocycles. The van der Waals surface area contributed by atoms with Crippen LogP contribution in [0.5, 0.6) is 11.5 Å². The van der Waals surface area contributed by atoms with Gasteiger partial charge in [-0.05, 0) is 93.3 Å². The first-order valence-corrected chi connectivity index (χ1v) is 18.1. The van der Waals surface area contributed by atoms with E-state index in [0.29, 0.717) is 33.7 Å². The summed E-state index contributed by atoms with van der Waals surface area (Å²) in [6, 6.07) is 43.9. The lowest BCUT2D eigenvalue weighted by Gasteiger charge is -2.10. The fourth-order valence-electron chi connectivity index (χ4n) is 5.91. The van der Waals surface area contributed by atoms with Gasteiger partial charge >= 0.3 is 20.2 Å². The van der Waals surface area contributed by atoms with E-state index in [1.54, 1.807) is 48.5 Å². The van der Waals surface area contributed by atoms with Crippen molar-refractivity contribution in [2.45, 2.75) is 9.79 Å². The Morgan fingerprint density at radius 3 is 1.37 bits per heavy atom. The molecule has 7 aromatic carbocycles. The Labute approximate surface area is 283 Å². The highest BCUT2D eigenvalue weighted by Crippen LogP contribution is 2.40. The molecule has 1 aliphatic rings. The predicted octanol–water partition coefficient (Wildman–Crippen LogP) is 8.37. The second-order valence-electron chi connectivity index (χ2n) is 11.4. The Balaban J connectivity index is 1.16. The van der Waals surface area contributed by atoms with Crippen LogP contribution in [0.15, 0.2) is 167 Å². The van der Waals surface area contributed by atoms with Crippen LogP contribution in [-0.4, -0.2) is 22.5 Å². The van der Waals surface area contributed by atoms with Crippen molar-refractivity contribution in [3.8, 4) is 22.6 Å². The zero-order valence-corrected chi connectivity index (χ0v) is 27.3. The summed E-state index contributed by atoms with van der Waals surface area (Å²) in [6.07, 6.45) is 0. The van der Waals surface area contributed by atoms with E-state index in [-0.39, 0.29) is 21.3 Å². The molecule has 0 fully saturated rings. The van der Waals surface area contributed by atoms with Gasteiger partial charge in [-0.3, -0.25) is 5.43 Å². The van der Waals surface area contributed by atoms with E-state index < -0.39 is 20.2 Å². The molecule has 0 radical (unpaired) electrons. The zero-order chi connectivity index (χ0) is 33.6. The molecule has 8 rings (SSSR count). The van der Waals surface area contributed by atoms with Crippen molar-refractivity contribution in [1.82, 2.24) is 0 Å². The van der Waals surface area contributed by atoms with Crippen LogP contribution in [0.1, 0.15) is 11.1 Å². The third-order valence-electron chi connectivity index (χ3n) is 8.28. The summed E-state index contributed by atoms with van der Waals surface area (Å²) in [7, 11) is -8.51. The van der Waals surface area contributed by atoms with Gasteiger partial charge in [0.25, 0.3) is 0 Å². The molecular weight excluding hydrogens is 657 g/mol. The molecule has 10 heteroatoms. The second kappa shape index (κ2) is 11.9. The molecule has 0 atom stereocenters.